The fraction of sp³-hybridized carbons (Fsp3) is 0.375. The number of pyridine rings is 2. The molecular formula is C24H28N6O3. The summed E-state index contributed by atoms with van der Waals surface area (Å²) >= 11 is 0. The number of hydrogen-bond donors (Lipinski definition) is 2. The van der Waals surface area contributed by atoms with Crippen LogP contribution in [0.15, 0.2) is 42.9 Å². The molecule has 3 aromatic rings. The number of aromatic nitrogens is 4. The normalized spacial score (nSPS) is 17.9. The van der Waals surface area contributed by atoms with E-state index in [1.165, 1.54) is 0 Å². The highest BCUT2D eigenvalue weighted by Crippen LogP contribution is 2.29. The molecule has 0 atom stereocenters. The number of urea groups is 1. The molecular weight excluding hydrogens is 420 g/mol. The van der Waals surface area contributed by atoms with Crippen molar-refractivity contribution in [3.05, 3.63) is 48.5 Å². The Kier molecular flexibility index (Phi) is 6.67. The summed E-state index contributed by atoms with van der Waals surface area (Å²) in [5.74, 6) is 1.82. The third-order valence-corrected chi connectivity index (χ3v) is 5.86. The van der Waals surface area contributed by atoms with Crippen molar-refractivity contribution < 1.29 is 14.3 Å². The van der Waals surface area contributed by atoms with Crippen LogP contribution < -0.4 is 15.4 Å². The first kappa shape index (κ1) is 22.4. The van der Waals surface area contributed by atoms with Crippen LogP contribution in [0.3, 0.4) is 0 Å². The lowest BCUT2D eigenvalue weighted by molar-refractivity contribution is -0.124. The van der Waals surface area contributed by atoms with Gasteiger partial charge in [-0.05, 0) is 56.7 Å². The number of imide groups is 1. The fourth-order valence-corrected chi connectivity index (χ4v) is 3.92. The Bertz CT molecular complexity index is 1150. The summed E-state index contributed by atoms with van der Waals surface area (Å²) in [7, 11) is 1.85. The van der Waals surface area contributed by atoms with Crippen molar-refractivity contribution in [3.63, 3.8) is 0 Å². The smallest absolute Gasteiger partial charge is 0.327 e. The van der Waals surface area contributed by atoms with Gasteiger partial charge in [0.25, 0.3) is 0 Å². The van der Waals surface area contributed by atoms with Gasteiger partial charge in [-0.25, -0.2) is 9.78 Å². The molecule has 1 fully saturated rings. The standard InChI is InChI=1S/C24H28N6O3/c1-15-4-6-17(7-5-15)23(31)29-24(32)28-22-9-8-21(16(2)27-22)33-19-10-11-25-20(12-19)18-13-26-30(3)14-18/h8-15,17H,4-7H2,1-3H3,(H2,27,28,29,31,32). The highest BCUT2D eigenvalue weighted by Gasteiger charge is 2.25. The van der Waals surface area contributed by atoms with Crippen molar-refractivity contribution in [3.8, 4) is 22.8 Å². The Labute approximate surface area is 192 Å². The second-order valence-electron chi connectivity index (χ2n) is 8.56. The number of amides is 3. The summed E-state index contributed by atoms with van der Waals surface area (Å²) in [4.78, 5) is 33.4. The third-order valence-electron chi connectivity index (χ3n) is 5.86. The van der Waals surface area contributed by atoms with Crippen LogP contribution in [-0.2, 0) is 11.8 Å². The summed E-state index contributed by atoms with van der Waals surface area (Å²) in [5.41, 5.74) is 2.24. The lowest BCUT2D eigenvalue weighted by atomic mass is 9.82. The van der Waals surface area contributed by atoms with E-state index in [9.17, 15) is 9.59 Å². The molecule has 0 aliphatic heterocycles. The van der Waals surface area contributed by atoms with E-state index in [-0.39, 0.29) is 11.8 Å². The highest BCUT2D eigenvalue weighted by atomic mass is 16.5. The highest BCUT2D eigenvalue weighted by molar-refractivity contribution is 6.01. The topological polar surface area (TPSA) is 111 Å². The summed E-state index contributed by atoms with van der Waals surface area (Å²) < 4.78 is 7.69. The molecule has 0 aromatic carbocycles. The summed E-state index contributed by atoms with van der Waals surface area (Å²) in [6.45, 7) is 3.98. The summed E-state index contributed by atoms with van der Waals surface area (Å²) in [6, 6.07) is 6.38. The molecule has 33 heavy (non-hydrogen) atoms. The summed E-state index contributed by atoms with van der Waals surface area (Å²) in [5, 5.41) is 9.23. The molecule has 3 heterocycles. The van der Waals surface area contributed by atoms with Crippen LogP contribution in [0.5, 0.6) is 11.5 Å². The first-order valence-corrected chi connectivity index (χ1v) is 11.1. The average Bonchev–Trinajstić information content (AvgIpc) is 3.22. The number of rotatable bonds is 5. The first-order chi connectivity index (χ1) is 15.9. The lowest BCUT2D eigenvalue weighted by Crippen LogP contribution is -2.39. The van der Waals surface area contributed by atoms with E-state index < -0.39 is 6.03 Å². The number of ether oxygens (including phenoxy) is 1. The molecule has 3 aromatic heterocycles. The van der Waals surface area contributed by atoms with Gasteiger partial charge in [0, 0.05) is 37.0 Å². The van der Waals surface area contributed by atoms with Gasteiger partial charge in [-0.15, -0.1) is 0 Å². The van der Waals surface area contributed by atoms with Crippen LogP contribution in [0.25, 0.3) is 11.3 Å². The Morgan fingerprint density at radius 2 is 1.94 bits per heavy atom. The van der Waals surface area contributed by atoms with Gasteiger partial charge in [-0.3, -0.25) is 25.1 Å². The molecule has 0 saturated heterocycles. The van der Waals surface area contributed by atoms with Gasteiger partial charge in [-0.1, -0.05) is 6.92 Å². The van der Waals surface area contributed by atoms with Gasteiger partial charge in [0.05, 0.1) is 17.6 Å². The van der Waals surface area contributed by atoms with Gasteiger partial charge in [0.2, 0.25) is 5.91 Å². The lowest BCUT2D eigenvalue weighted by Gasteiger charge is -2.24. The number of anilines is 1. The minimum absolute atomic E-state index is 0.102. The van der Waals surface area contributed by atoms with Crippen molar-refractivity contribution in [2.45, 2.75) is 39.5 Å². The predicted molar refractivity (Wildman–Crippen MR) is 124 cm³/mol. The largest absolute Gasteiger partial charge is 0.455 e. The van der Waals surface area contributed by atoms with E-state index in [4.69, 9.17) is 4.74 Å². The third kappa shape index (κ3) is 5.74. The second kappa shape index (κ2) is 9.81. The summed E-state index contributed by atoms with van der Waals surface area (Å²) in [6.07, 6.45) is 8.97. The van der Waals surface area contributed by atoms with Crippen LogP contribution in [0, 0.1) is 18.8 Å². The van der Waals surface area contributed by atoms with Crippen molar-refractivity contribution in [1.82, 2.24) is 25.1 Å². The Balaban J connectivity index is 1.36. The van der Waals surface area contributed by atoms with Crippen molar-refractivity contribution in [1.29, 1.82) is 0 Å². The van der Waals surface area contributed by atoms with E-state index in [1.54, 1.807) is 42.2 Å². The molecule has 0 bridgehead atoms. The SMILES string of the molecule is Cc1nc(NC(=O)NC(=O)C2CCC(C)CC2)ccc1Oc1ccnc(-c2cnn(C)c2)c1. The number of nitrogens with zero attached hydrogens (tertiary/aromatic N) is 4. The quantitative estimate of drug-likeness (QED) is 0.596. The van der Waals surface area contributed by atoms with E-state index in [2.05, 4.69) is 32.6 Å². The number of carbonyl (C=O) groups excluding carboxylic acids is 2. The van der Waals surface area contributed by atoms with E-state index in [0.29, 0.717) is 28.9 Å². The molecule has 0 radical (unpaired) electrons. The Hall–Kier alpha value is -3.75. The number of carbonyl (C=O) groups is 2. The van der Waals surface area contributed by atoms with E-state index in [1.807, 2.05) is 19.3 Å². The van der Waals surface area contributed by atoms with Crippen LogP contribution in [-0.4, -0.2) is 31.7 Å². The minimum atomic E-state index is -0.575. The first-order valence-electron chi connectivity index (χ1n) is 11.1. The molecule has 9 nitrogen and oxygen atoms in total. The predicted octanol–water partition coefficient (Wildman–Crippen LogP) is 4.45. The number of hydrogen-bond acceptors (Lipinski definition) is 6. The molecule has 3 amide bonds. The molecule has 0 unspecified atom stereocenters. The zero-order valence-corrected chi connectivity index (χ0v) is 19.0. The van der Waals surface area contributed by atoms with Crippen LogP contribution >= 0.6 is 0 Å². The maximum Gasteiger partial charge on any atom is 0.327 e. The fourth-order valence-electron chi connectivity index (χ4n) is 3.92. The van der Waals surface area contributed by atoms with Gasteiger partial charge < -0.3 is 4.74 Å². The van der Waals surface area contributed by atoms with Gasteiger partial charge >= 0.3 is 6.03 Å². The van der Waals surface area contributed by atoms with E-state index in [0.717, 1.165) is 36.9 Å². The van der Waals surface area contributed by atoms with Gasteiger partial charge in [0.1, 0.15) is 17.3 Å². The van der Waals surface area contributed by atoms with E-state index >= 15 is 0 Å². The molecule has 9 heteroatoms. The molecule has 2 N–H and O–H groups in total. The van der Waals surface area contributed by atoms with Crippen LogP contribution in [0.4, 0.5) is 10.6 Å². The Morgan fingerprint density at radius 1 is 1.15 bits per heavy atom. The van der Waals surface area contributed by atoms with Crippen LogP contribution in [0.1, 0.15) is 38.3 Å². The molecule has 0 spiro atoms. The number of nitrogens with one attached hydrogen (secondary N) is 2. The molecule has 1 aliphatic rings. The maximum absolute atomic E-state index is 12.3. The number of aryl methyl sites for hydroxylation is 2. The maximum atomic E-state index is 12.3. The average molecular weight is 449 g/mol. The van der Waals surface area contributed by atoms with Gasteiger partial charge in [-0.2, -0.15) is 5.10 Å². The molecule has 4 rings (SSSR count). The molecule has 1 aliphatic carbocycles. The monoisotopic (exact) mass is 448 g/mol. The van der Waals surface area contributed by atoms with Gasteiger partial charge in [0.15, 0.2) is 0 Å². The molecule has 1 saturated carbocycles. The minimum Gasteiger partial charge on any atom is -0.455 e. The zero-order valence-electron chi connectivity index (χ0n) is 19.0. The Morgan fingerprint density at radius 3 is 2.64 bits per heavy atom. The van der Waals surface area contributed by atoms with Crippen LogP contribution in [0.2, 0.25) is 0 Å². The molecule has 172 valence electrons. The van der Waals surface area contributed by atoms with Crippen molar-refractivity contribution >= 4 is 17.8 Å². The zero-order chi connectivity index (χ0) is 23.4. The second-order valence-corrected chi connectivity index (χ2v) is 8.56. The van der Waals surface area contributed by atoms with Crippen molar-refractivity contribution in [2.75, 3.05) is 5.32 Å². The van der Waals surface area contributed by atoms with Crippen molar-refractivity contribution in [2.24, 2.45) is 18.9 Å².